The first-order valence-corrected chi connectivity index (χ1v) is 7.26. The Labute approximate surface area is 117 Å². The van der Waals surface area contributed by atoms with Crippen LogP contribution in [0.1, 0.15) is 38.5 Å². The van der Waals surface area contributed by atoms with Crippen molar-refractivity contribution < 1.29 is 4.42 Å². The van der Waals surface area contributed by atoms with Crippen molar-refractivity contribution in [2.24, 2.45) is 5.92 Å². The van der Waals surface area contributed by atoms with E-state index in [9.17, 15) is 0 Å². The molecule has 0 amide bonds. The van der Waals surface area contributed by atoms with Gasteiger partial charge in [-0.15, -0.1) is 6.58 Å². The zero-order valence-electron chi connectivity index (χ0n) is 12.6. The fraction of sp³-hybridized carbons (Fsp3) is 0.625. The second-order valence-corrected chi connectivity index (χ2v) is 5.42. The minimum Gasteiger partial charge on any atom is -0.468 e. The van der Waals surface area contributed by atoms with Crippen molar-refractivity contribution in [2.75, 3.05) is 19.6 Å². The molecule has 0 aromatic carbocycles. The molecule has 1 rings (SSSR count). The van der Waals surface area contributed by atoms with Crippen LogP contribution in [0, 0.1) is 5.92 Å². The van der Waals surface area contributed by atoms with Crippen molar-refractivity contribution in [3.8, 4) is 0 Å². The molecule has 0 radical (unpaired) electrons. The lowest BCUT2D eigenvalue weighted by Gasteiger charge is -2.19. The molecule has 1 heterocycles. The zero-order chi connectivity index (χ0) is 14.1. The van der Waals surface area contributed by atoms with E-state index < -0.39 is 0 Å². The Kier molecular flexibility index (Phi) is 7.53. The topological polar surface area (TPSA) is 28.4 Å². The van der Waals surface area contributed by atoms with Crippen molar-refractivity contribution in [1.82, 2.24) is 10.2 Å². The van der Waals surface area contributed by atoms with Crippen molar-refractivity contribution in [1.29, 1.82) is 0 Å². The van der Waals surface area contributed by atoms with Crippen molar-refractivity contribution in [2.45, 2.75) is 40.3 Å². The van der Waals surface area contributed by atoms with Crippen LogP contribution in [0.5, 0.6) is 0 Å². The first kappa shape index (κ1) is 16.0. The number of nitrogens with zero attached hydrogens (tertiary/aromatic N) is 1. The molecule has 108 valence electrons. The van der Waals surface area contributed by atoms with Gasteiger partial charge in [-0.3, -0.25) is 4.90 Å². The summed E-state index contributed by atoms with van der Waals surface area (Å²) in [6.45, 7) is 15.2. The molecule has 1 aromatic heterocycles. The molecule has 3 heteroatoms. The van der Waals surface area contributed by atoms with E-state index in [4.69, 9.17) is 4.42 Å². The van der Waals surface area contributed by atoms with Crippen molar-refractivity contribution >= 4 is 0 Å². The van der Waals surface area contributed by atoms with Gasteiger partial charge in [0.25, 0.3) is 0 Å². The van der Waals surface area contributed by atoms with Gasteiger partial charge in [0.05, 0.1) is 12.8 Å². The normalized spacial score (nSPS) is 11.4. The molecule has 0 bridgehead atoms. The summed E-state index contributed by atoms with van der Waals surface area (Å²) in [4.78, 5) is 2.39. The molecule has 1 N–H and O–H groups in total. The number of furan rings is 1. The van der Waals surface area contributed by atoms with Gasteiger partial charge < -0.3 is 9.73 Å². The number of nitrogens with one attached hydrogen (secondary N) is 1. The van der Waals surface area contributed by atoms with Crippen LogP contribution in [0.3, 0.4) is 0 Å². The summed E-state index contributed by atoms with van der Waals surface area (Å²) in [6.07, 6.45) is 4.92. The van der Waals surface area contributed by atoms with E-state index in [-0.39, 0.29) is 0 Å². The van der Waals surface area contributed by atoms with Crippen LogP contribution in [0.25, 0.3) is 0 Å². The maximum Gasteiger partial charge on any atom is 0.122 e. The smallest absolute Gasteiger partial charge is 0.122 e. The quantitative estimate of drug-likeness (QED) is 0.656. The minimum absolute atomic E-state index is 0.663. The van der Waals surface area contributed by atoms with E-state index in [1.54, 1.807) is 6.26 Å². The second kappa shape index (κ2) is 8.94. The fourth-order valence-electron chi connectivity index (χ4n) is 2.11. The van der Waals surface area contributed by atoms with Crippen LogP contribution in [0.4, 0.5) is 0 Å². The van der Waals surface area contributed by atoms with Crippen LogP contribution >= 0.6 is 0 Å². The average Bonchev–Trinajstić information content (AvgIpc) is 2.77. The number of hydrogen-bond acceptors (Lipinski definition) is 3. The summed E-state index contributed by atoms with van der Waals surface area (Å²) in [7, 11) is 0. The van der Waals surface area contributed by atoms with Crippen LogP contribution in [0.15, 0.2) is 29.4 Å². The Morgan fingerprint density at radius 3 is 2.89 bits per heavy atom. The highest BCUT2D eigenvalue weighted by Gasteiger charge is 2.10. The van der Waals surface area contributed by atoms with E-state index in [2.05, 4.69) is 43.6 Å². The Morgan fingerprint density at radius 2 is 2.26 bits per heavy atom. The summed E-state index contributed by atoms with van der Waals surface area (Å²) >= 11 is 0. The number of hydrogen-bond donors (Lipinski definition) is 1. The Morgan fingerprint density at radius 1 is 1.47 bits per heavy atom. The standard InChI is InChI=1S/C16H28N2O/c1-5-8-18(9-6-2)13-15-7-10-19-16(15)12-17-11-14(3)4/h5,7,10,14,17H,1,6,8-9,11-13H2,2-4H3. The lowest BCUT2D eigenvalue weighted by Crippen LogP contribution is -2.25. The molecule has 19 heavy (non-hydrogen) atoms. The largest absolute Gasteiger partial charge is 0.468 e. The van der Waals surface area contributed by atoms with Gasteiger partial charge in [0.2, 0.25) is 0 Å². The zero-order valence-corrected chi connectivity index (χ0v) is 12.6. The maximum atomic E-state index is 5.59. The van der Waals surface area contributed by atoms with Gasteiger partial charge >= 0.3 is 0 Å². The van der Waals surface area contributed by atoms with Gasteiger partial charge in [0.1, 0.15) is 5.76 Å². The first-order valence-electron chi connectivity index (χ1n) is 7.26. The third-order valence-corrected chi connectivity index (χ3v) is 3.00. The van der Waals surface area contributed by atoms with E-state index in [0.29, 0.717) is 5.92 Å². The van der Waals surface area contributed by atoms with Crippen molar-refractivity contribution in [3.63, 3.8) is 0 Å². The molecule has 0 saturated heterocycles. The lowest BCUT2D eigenvalue weighted by molar-refractivity contribution is 0.291. The van der Waals surface area contributed by atoms with Crippen LogP contribution in [-0.4, -0.2) is 24.5 Å². The highest BCUT2D eigenvalue weighted by atomic mass is 16.3. The van der Waals surface area contributed by atoms with Gasteiger partial charge in [-0.2, -0.15) is 0 Å². The monoisotopic (exact) mass is 264 g/mol. The molecule has 0 aliphatic rings. The Bertz CT molecular complexity index is 357. The molecule has 0 fully saturated rings. The summed E-state index contributed by atoms with van der Waals surface area (Å²) < 4.78 is 5.59. The lowest BCUT2D eigenvalue weighted by atomic mass is 10.2. The fourth-order valence-corrected chi connectivity index (χ4v) is 2.11. The molecule has 0 aliphatic heterocycles. The van der Waals surface area contributed by atoms with Gasteiger partial charge in [-0.1, -0.05) is 26.8 Å². The first-order chi connectivity index (χ1) is 9.17. The highest BCUT2D eigenvalue weighted by molar-refractivity contribution is 5.17. The third kappa shape index (κ3) is 6.08. The van der Waals surface area contributed by atoms with Gasteiger partial charge in [0.15, 0.2) is 0 Å². The Balaban J connectivity index is 2.52. The van der Waals surface area contributed by atoms with Crippen LogP contribution < -0.4 is 5.32 Å². The summed E-state index contributed by atoms with van der Waals surface area (Å²) in [5.41, 5.74) is 1.28. The molecule has 0 unspecified atom stereocenters. The van der Waals surface area contributed by atoms with Gasteiger partial charge in [-0.05, 0) is 31.5 Å². The summed E-state index contributed by atoms with van der Waals surface area (Å²) in [5, 5.41) is 3.43. The predicted octanol–water partition coefficient (Wildman–Crippen LogP) is 3.42. The third-order valence-electron chi connectivity index (χ3n) is 3.00. The van der Waals surface area contributed by atoms with E-state index in [0.717, 1.165) is 44.9 Å². The maximum absolute atomic E-state index is 5.59. The van der Waals surface area contributed by atoms with Gasteiger partial charge in [-0.25, -0.2) is 0 Å². The average molecular weight is 264 g/mol. The second-order valence-electron chi connectivity index (χ2n) is 5.42. The molecule has 0 aliphatic carbocycles. The molecule has 0 saturated carbocycles. The number of rotatable bonds is 10. The molecule has 0 atom stereocenters. The Hall–Kier alpha value is -1.06. The summed E-state index contributed by atoms with van der Waals surface area (Å²) in [6, 6.07) is 2.08. The predicted molar refractivity (Wildman–Crippen MR) is 81.0 cm³/mol. The van der Waals surface area contributed by atoms with Gasteiger partial charge in [0, 0.05) is 18.7 Å². The summed E-state index contributed by atoms with van der Waals surface area (Å²) in [5.74, 6) is 1.72. The molecule has 0 spiro atoms. The molecule has 1 aromatic rings. The SMILES string of the molecule is C=CCN(CCC)Cc1ccoc1CNCC(C)C. The van der Waals surface area contributed by atoms with E-state index in [1.807, 2.05) is 6.08 Å². The molecule has 3 nitrogen and oxygen atoms in total. The minimum atomic E-state index is 0.663. The molecular formula is C16H28N2O. The van der Waals surface area contributed by atoms with Crippen LogP contribution in [0.2, 0.25) is 0 Å². The highest BCUT2D eigenvalue weighted by Crippen LogP contribution is 2.13. The van der Waals surface area contributed by atoms with Crippen LogP contribution in [-0.2, 0) is 13.1 Å². The van der Waals surface area contributed by atoms with Crippen molar-refractivity contribution in [3.05, 3.63) is 36.3 Å². The molecular weight excluding hydrogens is 236 g/mol. The van der Waals surface area contributed by atoms with E-state index in [1.165, 1.54) is 5.56 Å². The van der Waals surface area contributed by atoms with E-state index >= 15 is 0 Å².